The zero-order chi connectivity index (χ0) is 15.5. The summed E-state index contributed by atoms with van der Waals surface area (Å²) in [6, 6.07) is 0.506. The molecule has 0 aromatic rings. The topological polar surface area (TPSA) is 39.7 Å². The van der Waals surface area contributed by atoms with E-state index in [4.69, 9.17) is 0 Å². The molecule has 2 N–H and O–H groups in total. The molecule has 0 aliphatic carbocycles. The maximum Gasteiger partial charge on any atom is 0.191 e. The van der Waals surface area contributed by atoms with Crippen LogP contribution in [0.25, 0.3) is 0 Å². The molecule has 0 aromatic carbocycles. The van der Waals surface area contributed by atoms with E-state index in [1.54, 1.807) is 0 Å². The van der Waals surface area contributed by atoms with Gasteiger partial charge in [0.2, 0.25) is 0 Å². The lowest BCUT2D eigenvalue weighted by atomic mass is 9.94. The Balaban J connectivity index is 0.00000441. The van der Waals surface area contributed by atoms with E-state index < -0.39 is 0 Å². The number of nitrogens with zero attached hydrogens (tertiary/aromatic N) is 2. The van der Waals surface area contributed by atoms with Crippen LogP contribution in [0.3, 0.4) is 0 Å². The molecule has 1 aliphatic heterocycles. The van der Waals surface area contributed by atoms with Gasteiger partial charge in [0.15, 0.2) is 5.96 Å². The quantitative estimate of drug-likeness (QED) is 0.271. The predicted octanol–water partition coefficient (Wildman–Crippen LogP) is 3.47. The molecule has 0 spiro atoms. The third-order valence-electron chi connectivity index (χ3n) is 4.53. The van der Waals surface area contributed by atoms with Crippen molar-refractivity contribution in [3.63, 3.8) is 0 Å². The lowest BCUT2D eigenvalue weighted by Gasteiger charge is -2.29. The number of hydrogen-bond donors (Lipinski definition) is 2. The molecule has 1 fully saturated rings. The van der Waals surface area contributed by atoms with Gasteiger partial charge in [0, 0.05) is 19.6 Å². The lowest BCUT2D eigenvalue weighted by Crippen LogP contribution is -2.43. The molecule has 1 unspecified atom stereocenters. The standard InChI is InChI=1S/C17H36N4.HI/c1-5-6-7-8-15(2)20-17(18-3)19-12-9-16-10-13-21(4)14-11-16;/h15-16H,5-14H2,1-4H3,(H2,18,19,20);1H. The highest BCUT2D eigenvalue weighted by Crippen LogP contribution is 2.18. The van der Waals surface area contributed by atoms with Gasteiger partial charge in [0.05, 0.1) is 0 Å². The van der Waals surface area contributed by atoms with Crippen LogP contribution in [-0.4, -0.2) is 50.6 Å². The highest BCUT2D eigenvalue weighted by atomic mass is 127. The van der Waals surface area contributed by atoms with Crippen LogP contribution in [0, 0.1) is 5.92 Å². The molecule has 0 aromatic heterocycles. The van der Waals surface area contributed by atoms with Gasteiger partial charge < -0.3 is 15.5 Å². The predicted molar refractivity (Wildman–Crippen MR) is 108 cm³/mol. The first-order valence-corrected chi connectivity index (χ1v) is 8.81. The Morgan fingerprint density at radius 1 is 1.27 bits per heavy atom. The van der Waals surface area contributed by atoms with Gasteiger partial charge in [-0.2, -0.15) is 0 Å². The number of piperidine rings is 1. The van der Waals surface area contributed by atoms with Crippen molar-refractivity contribution in [2.75, 3.05) is 33.7 Å². The molecule has 5 heteroatoms. The van der Waals surface area contributed by atoms with E-state index in [0.717, 1.165) is 18.4 Å². The third-order valence-corrected chi connectivity index (χ3v) is 4.53. The van der Waals surface area contributed by atoms with E-state index in [9.17, 15) is 0 Å². The van der Waals surface area contributed by atoms with Gasteiger partial charge in [-0.25, -0.2) is 0 Å². The minimum absolute atomic E-state index is 0. The van der Waals surface area contributed by atoms with E-state index in [2.05, 4.69) is 41.4 Å². The van der Waals surface area contributed by atoms with E-state index >= 15 is 0 Å². The maximum absolute atomic E-state index is 4.34. The number of hydrogen-bond acceptors (Lipinski definition) is 2. The van der Waals surface area contributed by atoms with Gasteiger partial charge in [0.1, 0.15) is 0 Å². The molecule has 4 nitrogen and oxygen atoms in total. The van der Waals surface area contributed by atoms with Crippen LogP contribution < -0.4 is 10.6 Å². The van der Waals surface area contributed by atoms with Gasteiger partial charge >= 0.3 is 0 Å². The van der Waals surface area contributed by atoms with Crippen LogP contribution >= 0.6 is 24.0 Å². The zero-order valence-electron chi connectivity index (χ0n) is 15.0. The fraction of sp³-hybridized carbons (Fsp3) is 0.941. The van der Waals surface area contributed by atoms with E-state index in [-0.39, 0.29) is 24.0 Å². The second-order valence-electron chi connectivity index (χ2n) is 6.58. The molecular formula is C17H37IN4. The van der Waals surface area contributed by atoms with Crippen molar-refractivity contribution < 1.29 is 0 Å². The molecule has 132 valence electrons. The van der Waals surface area contributed by atoms with Crippen molar-refractivity contribution in [3.8, 4) is 0 Å². The molecule has 22 heavy (non-hydrogen) atoms. The van der Waals surface area contributed by atoms with Gasteiger partial charge in [-0.3, -0.25) is 4.99 Å². The fourth-order valence-corrected chi connectivity index (χ4v) is 2.95. The van der Waals surface area contributed by atoms with Crippen molar-refractivity contribution in [1.29, 1.82) is 0 Å². The van der Waals surface area contributed by atoms with Crippen LogP contribution in [0.4, 0.5) is 0 Å². The maximum atomic E-state index is 4.34. The first-order valence-electron chi connectivity index (χ1n) is 8.81. The Bertz CT molecular complexity index is 288. The average molecular weight is 424 g/mol. The van der Waals surface area contributed by atoms with Crippen LogP contribution in [0.1, 0.15) is 58.8 Å². The summed E-state index contributed by atoms with van der Waals surface area (Å²) in [6.07, 6.45) is 9.10. The Kier molecular flexibility index (Phi) is 13.4. The first-order chi connectivity index (χ1) is 10.2. The Morgan fingerprint density at radius 3 is 2.55 bits per heavy atom. The van der Waals surface area contributed by atoms with Crippen molar-refractivity contribution in [1.82, 2.24) is 15.5 Å². The minimum atomic E-state index is 0. The summed E-state index contributed by atoms with van der Waals surface area (Å²) in [5.74, 6) is 1.85. The van der Waals surface area contributed by atoms with Crippen molar-refractivity contribution >= 4 is 29.9 Å². The molecule has 1 saturated heterocycles. The first kappa shape index (κ1) is 22.0. The molecule has 1 heterocycles. The summed E-state index contributed by atoms with van der Waals surface area (Å²) in [6.45, 7) is 8.05. The molecule has 0 bridgehead atoms. The molecule has 1 atom stereocenters. The Hall–Kier alpha value is -0.0400. The second kappa shape index (κ2) is 13.4. The molecule has 0 saturated carbocycles. The Morgan fingerprint density at radius 2 is 1.95 bits per heavy atom. The zero-order valence-corrected chi connectivity index (χ0v) is 17.4. The molecule has 1 aliphatic rings. The monoisotopic (exact) mass is 424 g/mol. The number of halogens is 1. The van der Waals surface area contributed by atoms with Crippen LogP contribution in [0.15, 0.2) is 4.99 Å². The summed E-state index contributed by atoms with van der Waals surface area (Å²) >= 11 is 0. The lowest BCUT2D eigenvalue weighted by molar-refractivity contribution is 0.213. The van der Waals surface area contributed by atoms with Crippen molar-refractivity contribution in [3.05, 3.63) is 0 Å². The highest BCUT2D eigenvalue weighted by Gasteiger charge is 2.16. The second-order valence-corrected chi connectivity index (χ2v) is 6.58. The van der Waals surface area contributed by atoms with Crippen LogP contribution in [-0.2, 0) is 0 Å². The number of rotatable bonds is 8. The van der Waals surface area contributed by atoms with Gasteiger partial charge in [-0.05, 0) is 58.7 Å². The summed E-state index contributed by atoms with van der Waals surface area (Å²) in [5.41, 5.74) is 0. The number of likely N-dealkylation sites (tertiary alicyclic amines) is 1. The number of nitrogens with one attached hydrogen (secondary N) is 2. The van der Waals surface area contributed by atoms with E-state index in [0.29, 0.717) is 6.04 Å². The average Bonchev–Trinajstić information content (AvgIpc) is 2.48. The van der Waals surface area contributed by atoms with Gasteiger partial charge in [-0.1, -0.05) is 26.2 Å². The summed E-state index contributed by atoms with van der Waals surface area (Å²) in [4.78, 5) is 6.77. The summed E-state index contributed by atoms with van der Waals surface area (Å²) in [5, 5.41) is 6.98. The van der Waals surface area contributed by atoms with E-state index in [1.165, 1.54) is 58.0 Å². The van der Waals surface area contributed by atoms with E-state index in [1.807, 2.05) is 7.05 Å². The SMILES string of the molecule is CCCCCC(C)NC(=NC)NCCC1CCN(C)CC1.I. The minimum Gasteiger partial charge on any atom is -0.356 e. The summed E-state index contributed by atoms with van der Waals surface area (Å²) in [7, 11) is 4.09. The molecular weight excluding hydrogens is 387 g/mol. The molecule has 0 radical (unpaired) electrons. The largest absolute Gasteiger partial charge is 0.356 e. The summed E-state index contributed by atoms with van der Waals surface area (Å²) < 4.78 is 0. The highest BCUT2D eigenvalue weighted by molar-refractivity contribution is 14.0. The van der Waals surface area contributed by atoms with Crippen LogP contribution in [0.5, 0.6) is 0 Å². The number of guanidine groups is 1. The van der Waals surface area contributed by atoms with Gasteiger partial charge in [-0.15, -0.1) is 24.0 Å². The molecule has 0 amide bonds. The molecule has 1 rings (SSSR count). The van der Waals surface area contributed by atoms with Crippen molar-refractivity contribution in [2.45, 2.75) is 64.8 Å². The normalized spacial score (nSPS) is 18.6. The number of aliphatic imine (C=N–C) groups is 1. The number of unbranched alkanes of at least 4 members (excludes halogenated alkanes) is 2. The Labute approximate surface area is 154 Å². The van der Waals surface area contributed by atoms with Crippen LogP contribution in [0.2, 0.25) is 0 Å². The smallest absolute Gasteiger partial charge is 0.191 e. The van der Waals surface area contributed by atoms with Crippen molar-refractivity contribution in [2.24, 2.45) is 10.9 Å². The van der Waals surface area contributed by atoms with Gasteiger partial charge in [0.25, 0.3) is 0 Å². The third kappa shape index (κ3) is 9.87. The fourth-order valence-electron chi connectivity index (χ4n) is 2.95.